The summed E-state index contributed by atoms with van der Waals surface area (Å²) in [6.45, 7) is 3.55. The van der Waals surface area contributed by atoms with Gasteiger partial charge in [-0.25, -0.2) is 0 Å². The third kappa shape index (κ3) is 4.31. The highest BCUT2D eigenvalue weighted by Gasteiger charge is 2.22. The molecule has 0 aliphatic heterocycles. The molecule has 122 valence electrons. The number of hydrogen-bond donors (Lipinski definition) is 2. The quantitative estimate of drug-likeness (QED) is 0.810. The molecule has 1 fully saturated rings. The lowest BCUT2D eigenvalue weighted by Gasteiger charge is -2.16. The van der Waals surface area contributed by atoms with Crippen molar-refractivity contribution >= 4 is 17.2 Å². The number of aliphatic hydroxyl groups excluding tert-OH is 1. The first-order chi connectivity index (χ1) is 10.6. The van der Waals surface area contributed by atoms with Gasteiger partial charge in [0.15, 0.2) is 0 Å². The van der Waals surface area contributed by atoms with Crippen LogP contribution in [-0.2, 0) is 17.6 Å². The molecule has 1 aromatic heterocycles. The number of amides is 1. The maximum Gasteiger partial charge on any atom is 0.261 e. The Bertz CT molecular complexity index is 524. The Kier molecular flexibility index (Phi) is 5.16. The van der Waals surface area contributed by atoms with Crippen molar-refractivity contribution in [2.24, 2.45) is 11.8 Å². The molecule has 0 bridgehead atoms. The van der Waals surface area contributed by atoms with Gasteiger partial charge in [0.05, 0.1) is 17.6 Å². The van der Waals surface area contributed by atoms with Crippen molar-refractivity contribution in [1.82, 2.24) is 5.32 Å². The first kappa shape index (κ1) is 16.0. The Hall–Kier alpha value is -0.910. The average molecular weight is 323 g/mol. The van der Waals surface area contributed by atoms with E-state index in [9.17, 15) is 9.90 Å². The molecule has 2 aliphatic carbocycles. The molecule has 0 radical (unpaired) electrons. The van der Waals surface area contributed by atoms with E-state index in [0.29, 0.717) is 18.4 Å². The first-order valence-corrected chi connectivity index (χ1v) is 9.09. The largest absolute Gasteiger partial charge is 0.389 e. The summed E-state index contributed by atoms with van der Waals surface area (Å²) in [5.74, 6) is 1.33. The van der Waals surface area contributed by atoms with E-state index in [1.807, 2.05) is 6.07 Å². The van der Waals surface area contributed by atoms with Gasteiger partial charge in [0.2, 0.25) is 0 Å². The van der Waals surface area contributed by atoms with Crippen molar-refractivity contribution in [3.05, 3.63) is 21.4 Å². The van der Waals surface area contributed by atoms with Crippen LogP contribution < -0.4 is 5.32 Å². The van der Waals surface area contributed by atoms with Gasteiger partial charge in [-0.2, -0.15) is 0 Å². The molecule has 5 heteroatoms. The second kappa shape index (κ2) is 7.11. The number of thiophene rings is 1. The molecule has 1 aromatic rings. The number of aryl methyl sites for hydroxylation is 1. The molecule has 1 heterocycles. The minimum absolute atomic E-state index is 0.0757. The molecular weight excluding hydrogens is 298 g/mol. The monoisotopic (exact) mass is 323 g/mol. The molecule has 1 amide bonds. The Labute approximate surface area is 135 Å². The predicted octanol–water partition coefficient (Wildman–Crippen LogP) is 2.39. The first-order valence-electron chi connectivity index (χ1n) is 8.27. The van der Waals surface area contributed by atoms with Gasteiger partial charge in [0.25, 0.3) is 5.91 Å². The van der Waals surface area contributed by atoms with E-state index < -0.39 is 6.10 Å². The van der Waals surface area contributed by atoms with Crippen LogP contribution in [0.15, 0.2) is 6.07 Å². The van der Waals surface area contributed by atoms with Gasteiger partial charge in [0.1, 0.15) is 0 Å². The third-order valence-electron chi connectivity index (χ3n) is 4.41. The molecule has 22 heavy (non-hydrogen) atoms. The van der Waals surface area contributed by atoms with Crippen molar-refractivity contribution in [2.45, 2.75) is 45.1 Å². The number of nitrogens with one attached hydrogen (secondary N) is 1. The second-order valence-electron chi connectivity index (χ2n) is 6.75. The molecule has 2 unspecified atom stereocenters. The summed E-state index contributed by atoms with van der Waals surface area (Å²) < 4.78 is 5.44. The van der Waals surface area contributed by atoms with E-state index in [0.717, 1.165) is 24.3 Å². The minimum Gasteiger partial charge on any atom is -0.389 e. The highest BCUT2D eigenvalue weighted by molar-refractivity contribution is 7.14. The van der Waals surface area contributed by atoms with Crippen LogP contribution in [0.1, 0.15) is 46.3 Å². The Morgan fingerprint density at radius 1 is 1.50 bits per heavy atom. The van der Waals surface area contributed by atoms with E-state index in [-0.39, 0.29) is 12.5 Å². The van der Waals surface area contributed by atoms with Crippen LogP contribution in [0.25, 0.3) is 0 Å². The maximum absolute atomic E-state index is 12.2. The van der Waals surface area contributed by atoms with Crippen LogP contribution in [0.2, 0.25) is 0 Å². The highest BCUT2D eigenvalue weighted by Crippen LogP contribution is 2.32. The van der Waals surface area contributed by atoms with Crippen LogP contribution >= 0.6 is 11.3 Å². The molecule has 2 N–H and O–H groups in total. The minimum atomic E-state index is -0.627. The summed E-state index contributed by atoms with van der Waals surface area (Å²) in [5.41, 5.74) is 1.34. The fourth-order valence-electron chi connectivity index (χ4n) is 2.83. The molecule has 2 atom stereocenters. The molecule has 0 spiro atoms. The van der Waals surface area contributed by atoms with E-state index in [1.54, 1.807) is 11.3 Å². The summed E-state index contributed by atoms with van der Waals surface area (Å²) in [4.78, 5) is 14.3. The van der Waals surface area contributed by atoms with Crippen molar-refractivity contribution in [3.63, 3.8) is 0 Å². The number of carbonyl (C=O) groups excluding carboxylic acids is 1. The number of ether oxygens (including phenoxy) is 1. The number of rotatable bonds is 7. The lowest BCUT2D eigenvalue weighted by Crippen LogP contribution is -2.34. The number of aliphatic hydroxyl groups is 1. The standard InChI is InChI=1S/C17H25NO3S/c1-11-2-5-15-13(6-11)7-16(22-15)17(20)18-8-14(19)10-21-9-12-3-4-12/h7,11-12,14,19H,2-6,8-10H2,1H3,(H,18,20). The Morgan fingerprint density at radius 2 is 2.32 bits per heavy atom. The van der Waals surface area contributed by atoms with Crippen LogP contribution in [0.4, 0.5) is 0 Å². The van der Waals surface area contributed by atoms with Crippen molar-refractivity contribution in [1.29, 1.82) is 0 Å². The number of carbonyl (C=O) groups is 1. The van der Waals surface area contributed by atoms with Crippen LogP contribution in [0, 0.1) is 11.8 Å². The normalized spacial score (nSPS) is 22.2. The van der Waals surface area contributed by atoms with Gasteiger partial charge < -0.3 is 15.2 Å². The van der Waals surface area contributed by atoms with Gasteiger partial charge >= 0.3 is 0 Å². The molecule has 0 saturated heterocycles. The summed E-state index contributed by atoms with van der Waals surface area (Å²) >= 11 is 1.60. The Morgan fingerprint density at radius 3 is 3.09 bits per heavy atom. The Balaban J connectivity index is 1.43. The van der Waals surface area contributed by atoms with Crippen LogP contribution in [0.5, 0.6) is 0 Å². The van der Waals surface area contributed by atoms with Crippen LogP contribution in [0.3, 0.4) is 0 Å². The van der Waals surface area contributed by atoms with E-state index >= 15 is 0 Å². The zero-order valence-corrected chi connectivity index (χ0v) is 14.0. The van der Waals surface area contributed by atoms with Gasteiger partial charge in [-0.05, 0) is 55.6 Å². The van der Waals surface area contributed by atoms with E-state index in [2.05, 4.69) is 12.2 Å². The summed E-state index contributed by atoms with van der Waals surface area (Å²) in [5, 5.41) is 12.7. The van der Waals surface area contributed by atoms with E-state index in [1.165, 1.54) is 29.7 Å². The molecule has 2 aliphatic rings. The fourth-order valence-corrected chi connectivity index (χ4v) is 3.95. The molecule has 4 nitrogen and oxygen atoms in total. The molecular formula is C17H25NO3S. The van der Waals surface area contributed by atoms with Crippen molar-refractivity contribution in [2.75, 3.05) is 19.8 Å². The lowest BCUT2D eigenvalue weighted by atomic mass is 9.90. The van der Waals surface area contributed by atoms with Crippen molar-refractivity contribution in [3.8, 4) is 0 Å². The van der Waals surface area contributed by atoms with Gasteiger partial charge in [-0.15, -0.1) is 11.3 Å². The SMILES string of the molecule is CC1CCc2sc(C(=O)NCC(O)COCC3CC3)cc2C1. The maximum atomic E-state index is 12.2. The number of hydrogen-bond acceptors (Lipinski definition) is 4. The van der Waals surface area contributed by atoms with Crippen molar-refractivity contribution < 1.29 is 14.6 Å². The fraction of sp³-hybridized carbons (Fsp3) is 0.706. The lowest BCUT2D eigenvalue weighted by molar-refractivity contribution is 0.0321. The summed E-state index contributed by atoms with van der Waals surface area (Å²) in [7, 11) is 0. The average Bonchev–Trinajstić information content (AvgIpc) is 3.21. The topological polar surface area (TPSA) is 58.6 Å². The summed E-state index contributed by atoms with van der Waals surface area (Å²) in [6.07, 6.45) is 5.24. The van der Waals surface area contributed by atoms with Gasteiger partial charge in [-0.3, -0.25) is 4.79 Å². The second-order valence-corrected chi connectivity index (χ2v) is 7.89. The van der Waals surface area contributed by atoms with Gasteiger partial charge in [-0.1, -0.05) is 6.92 Å². The highest BCUT2D eigenvalue weighted by atomic mass is 32.1. The molecule has 1 saturated carbocycles. The van der Waals surface area contributed by atoms with E-state index in [4.69, 9.17) is 4.74 Å². The molecule has 3 rings (SSSR count). The third-order valence-corrected chi connectivity index (χ3v) is 5.65. The smallest absolute Gasteiger partial charge is 0.261 e. The summed E-state index contributed by atoms with van der Waals surface area (Å²) in [6, 6.07) is 2.03. The zero-order valence-electron chi connectivity index (χ0n) is 13.1. The van der Waals surface area contributed by atoms with Gasteiger partial charge in [0, 0.05) is 18.0 Å². The molecule has 0 aromatic carbocycles. The predicted molar refractivity (Wildman–Crippen MR) is 87.4 cm³/mol. The van der Waals surface area contributed by atoms with Crippen LogP contribution in [-0.4, -0.2) is 36.9 Å². The zero-order chi connectivity index (χ0) is 15.5. The number of fused-ring (bicyclic) bond motifs is 1.